The van der Waals surface area contributed by atoms with E-state index in [1.165, 1.54) is 12.1 Å². The Morgan fingerprint density at radius 3 is 2.89 bits per heavy atom. The van der Waals surface area contributed by atoms with Crippen molar-refractivity contribution in [3.63, 3.8) is 0 Å². The van der Waals surface area contributed by atoms with Crippen LogP contribution in [0.3, 0.4) is 0 Å². The van der Waals surface area contributed by atoms with E-state index < -0.39 is 4.92 Å². The first kappa shape index (κ1) is 13.0. The molecule has 0 radical (unpaired) electrons. The molecule has 1 heterocycles. The SMILES string of the molecule is N#Cc1cc([N+](=O)[O-])ccc1N1CCCCC1C=O. The van der Waals surface area contributed by atoms with E-state index in [0.717, 1.165) is 25.5 Å². The zero-order valence-electron chi connectivity index (χ0n) is 10.3. The van der Waals surface area contributed by atoms with Crippen LogP contribution >= 0.6 is 0 Å². The lowest BCUT2D eigenvalue weighted by atomic mass is 10.0. The van der Waals surface area contributed by atoms with Crippen LogP contribution in [0.25, 0.3) is 0 Å². The molecule has 6 heteroatoms. The van der Waals surface area contributed by atoms with Gasteiger partial charge in [-0.15, -0.1) is 0 Å². The molecule has 0 spiro atoms. The lowest BCUT2D eigenvalue weighted by Gasteiger charge is -2.34. The molecule has 0 aromatic heterocycles. The van der Waals surface area contributed by atoms with Crippen LogP contribution in [0.15, 0.2) is 18.2 Å². The summed E-state index contributed by atoms with van der Waals surface area (Å²) in [4.78, 5) is 23.1. The van der Waals surface area contributed by atoms with Crippen LogP contribution in [0.1, 0.15) is 24.8 Å². The zero-order valence-corrected chi connectivity index (χ0v) is 10.3. The molecule has 2 rings (SSSR count). The highest BCUT2D eigenvalue weighted by molar-refractivity contribution is 5.71. The number of benzene rings is 1. The topological polar surface area (TPSA) is 87.2 Å². The van der Waals surface area contributed by atoms with Gasteiger partial charge in [-0.2, -0.15) is 5.26 Å². The summed E-state index contributed by atoms with van der Waals surface area (Å²) in [6.07, 6.45) is 3.56. The lowest BCUT2D eigenvalue weighted by Crippen LogP contribution is -2.41. The number of hydrogen-bond acceptors (Lipinski definition) is 5. The second-order valence-electron chi connectivity index (χ2n) is 4.46. The third kappa shape index (κ3) is 2.55. The molecule has 1 aromatic carbocycles. The van der Waals surface area contributed by atoms with Crippen molar-refractivity contribution in [2.45, 2.75) is 25.3 Å². The molecule has 1 aliphatic heterocycles. The summed E-state index contributed by atoms with van der Waals surface area (Å²) in [6.45, 7) is 0.690. The molecule has 1 unspecified atom stereocenters. The average Bonchev–Trinajstić information content (AvgIpc) is 2.46. The third-order valence-electron chi connectivity index (χ3n) is 3.33. The average molecular weight is 259 g/mol. The van der Waals surface area contributed by atoms with Crippen molar-refractivity contribution in [1.82, 2.24) is 0 Å². The summed E-state index contributed by atoms with van der Waals surface area (Å²) in [5, 5.41) is 19.8. The molecule has 1 fully saturated rings. The van der Waals surface area contributed by atoms with Crippen molar-refractivity contribution < 1.29 is 9.72 Å². The molecule has 1 saturated heterocycles. The molecule has 98 valence electrons. The van der Waals surface area contributed by atoms with Crippen molar-refractivity contribution in [3.8, 4) is 6.07 Å². The first-order valence-corrected chi connectivity index (χ1v) is 6.08. The Labute approximate surface area is 110 Å². The van der Waals surface area contributed by atoms with Crippen molar-refractivity contribution in [2.24, 2.45) is 0 Å². The van der Waals surface area contributed by atoms with E-state index in [4.69, 9.17) is 5.26 Å². The van der Waals surface area contributed by atoms with E-state index in [2.05, 4.69) is 0 Å². The van der Waals surface area contributed by atoms with Gasteiger partial charge in [0.1, 0.15) is 12.4 Å². The molecule has 1 aliphatic rings. The van der Waals surface area contributed by atoms with E-state index >= 15 is 0 Å². The van der Waals surface area contributed by atoms with Crippen LogP contribution in [-0.2, 0) is 4.79 Å². The fourth-order valence-corrected chi connectivity index (χ4v) is 2.38. The quantitative estimate of drug-likeness (QED) is 0.471. The van der Waals surface area contributed by atoms with Gasteiger partial charge < -0.3 is 9.69 Å². The summed E-state index contributed by atoms with van der Waals surface area (Å²) in [7, 11) is 0. The molecule has 0 saturated carbocycles. The predicted molar refractivity (Wildman–Crippen MR) is 68.9 cm³/mol. The Balaban J connectivity index is 2.41. The predicted octanol–water partition coefficient (Wildman–Crippen LogP) is 2.02. The number of non-ortho nitro benzene ring substituents is 1. The standard InChI is InChI=1S/C13H13N3O3/c14-8-10-7-11(16(18)19)4-5-13(10)15-6-2-1-3-12(15)9-17/h4-5,7,9,12H,1-3,6H2. The molecule has 19 heavy (non-hydrogen) atoms. The molecule has 6 nitrogen and oxygen atoms in total. The van der Waals surface area contributed by atoms with Gasteiger partial charge in [-0.05, 0) is 25.3 Å². The first-order valence-electron chi connectivity index (χ1n) is 6.08. The minimum atomic E-state index is -0.530. The van der Waals surface area contributed by atoms with Gasteiger partial charge >= 0.3 is 0 Å². The number of nitro benzene ring substituents is 1. The molecule has 1 atom stereocenters. The number of rotatable bonds is 3. The van der Waals surface area contributed by atoms with E-state index in [9.17, 15) is 14.9 Å². The molecule has 0 bridgehead atoms. The smallest absolute Gasteiger partial charge is 0.270 e. The lowest BCUT2D eigenvalue weighted by molar-refractivity contribution is -0.384. The van der Waals surface area contributed by atoms with Crippen molar-refractivity contribution in [2.75, 3.05) is 11.4 Å². The maximum atomic E-state index is 11.1. The highest BCUT2D eigenvalue weighted by Gasteiger charge is 2.25. The number of anilines is 1. The number of carbonyl (C=O) groups excluding carboxylic acids is 1. The normalized spacial score (nSPS) is 18.7. The Morgan fingerprint density at radius 1 is 1.47 bits per heavy atom. The Bertz CT molecular complexity index is 551. The summed E-state index contributed by atoms with van der Waals surface area (Å²) < 4.78 is 0. The molecule has 1 aromatic rings. The van der Waals surface area contributed by atoms with Gasteiger partial charge in [0.25, 0.3) is 5.69 Å². The highest BCUT2D eigenvalue weighted by Crippen LogP contribution is 2.29. The minimum absolute atomic E-state index is 0.111. The Kier molecular flexibility index (Phi) is 3.76. The van der Waals surface area contributed by atoms with Gasteiger partial charge in [0.15, 0.2) is 0 Å². The monoisotopic (exact) mass is 259 g/mol. The molecule has 0 amide bonds. The first-order chi connectivity index (χ1) is 9.17. The van der Waals surface area contributed by atoms with E-state index in [-0.39, 0.29) is 17.3 Å². The van der Waals surface area contributed by atoms with Crippen LogP contribution in [0, 0.1) is 21.4 Å². The van der Waals surface area contributed by atoms with E-state index in [0.29, 0.717) is 12.2 Å². The molecule has 0 aliphatic carbocycles. The Morgan fingerprint density at radius 2 is 2.26 bits per heavy atom. The number of nitriles is 1. The van der Waals surface area contributed by atoms with Gasteiger partial charge in [0, 0.05) is 18.7 Å². The fraction of sp³-hybridized carbons (Fsp3) is 0.385. The number of aldehydes is 1. The van der Waals surface area contributed by atoms with Crippen LogP contribution in [0.2, 0.25) is 0 Å². The van der Waals surface area contributed by atoms with Crippen LogP contribution in [0.5, 0.6) is 0 Å². The summed E-state index contributed by atoms with van der Waals surface area (Å²) in [6, 6.07) is 5.90. The van der Waals surface area contributed by atoms with Crippen molar-refractivity contribution >= 4 is 17.7 Å². The largest absolute Gasteiger partial charge is 0.361 e. The summed E-state index contributed by atoms with van der Waals surface area (Å²) in [5.41, 5.74) is 0.729. The van der Waals surface area contributed by atoms with Crippen LogP contribution < -0.4 is 4.90 Å². The summed E-state index contributed by atoms with van der Waals surface area (Å²) >= 11 is 0. The van der Waals surface area contributed by atoms with Gasteiger partial charge in [-0.25, -0.2) is 0 Å². The Hall–Kier alpha value is -2.42. The van der Waals surface area contributed by atoms with E-state index in [1.54, 1.807) is 6.07 Å². The van der Waals surface area contributed by atoms with Gasteiger partial charge in [-0.3, -0.25) is 10.1 Å². The number of nitro groups is 1. The third-order valence-corrected chi connectivity index (χ3v) is 3.33. The van der Waals surface area contributed by atoms with Gasteiger partial charge in [0.2, 0.25) is 0 Å². The maximum Gasteiger partial charge on any atom is 0.270 e. The van der Waals surface area contributed by atoms with E-state index in [1.807, 2.05) is 11.0 Å². The van der Waals surface area contributed by atoms with Crippen molar-refractivity contribution in [1.29, 1.82) is 5.26 Å². The number of carbonyl (C=O) groups is 1. The van der Waals surface area contributed by atoms with Gasteiger partial charge in [0.05, 0.1) is 22.2 Å². The molecule has 0 N–H and O–H groups in total. The number of piperidine rings is 1. The minimum Gasteiger partial charge on any atom is -0.361 e. The van der Waals surface area contributed by atoms with Crippen LogP contribution in [-0.4, -0.2) is 23.8 Å². The van der Waals surface area contributed by atoms with Crippen molar-refractivity contribution in [3.05, 3.63) is 33.9 Å². The maximum absolute atomic E-state index is 11.1. The zero-order chi connectivity index (χ0) is 13.8. The summed E-state index contributed by atoms with van der Waals surface area (Å²) in [5.74, 6) is 0. The molecular weight excluding hydrogens is 246 g/mol. The second kappa shape index (κ2) is 5.48. The number of nitrogens with zero attached hydrogens (tertiary/aromatic N) is 3. The fourth-order valence-electron chi connectivity index (χ4n) is 2.38. The molecular formula is C13H13N3O3. The van der Waals surface area contributed by atoms with Gasteiger partial charge in [-0.1, -0.05) is 0 Å². The van der Waals surface area contributed by atoms with Crippen LogP contribution in [0.4, 0.5) is 11.4 Å². The second-order valence-corrected chi connectivity index (χ2v) is 4.46. The highest BCUT2D eigenvalue weighted by atomic mass is 16.6. The number of hydrogen-bond donors (Lipinski definition) is 0.